The van der Waals surface area contributed by atoms with Gasteiger partial charge in [0, 0.05) is 18.0 Å². The molecule has 1 aromatic heterocycles. The summed E-state index contributed by atoms with van der Waals surface area (Å²) in [6, 6.07) is 0.0141. The predicted molar refractivity (Wildman–Crippen MR) is 74.4 cm³/mol. The lowest BCUT2D eigenvalue weighted by Gasteiger charge is -2.07. The van der Waals surface area contributed by atoms with E-state index in [-0.39, 0.29) is 24.2 Å². The van der Waals surface area contributed by atoms with Crippen LogP contribution >= 0.6 is 11.3 Å². The first-order chi connectivity index (χ1) is 9.02. The third kappa shape index (κ3) is 5.52. The average Bonchev–Trinajstić information content (AvgIpc) is 2.81. The lowest BCUT2D eigenvalue weighted by Crippen LogP contribution is -2.34. The molecule has 0 unspecified atom stereocenters. The fourth-order valence-electron chi connectivity index (χ4n) is 1.18. The van der Waals surface area contributed by atoms with Crippen molar-refractivity contribution in [3.63, 3.8) is 0 Å². The Morgan fingerprint density at radius 3 is 2.95 bits per heavy atom. The highest BCUT2D eigenvalue weighted by atomic mass is 32.1. The average molecular weight is 283 g/mol. The molecule has 104 valence electrons. The zero-order valence-corrected chi connectivity index (χ0v) is 11.8. The maximum Gasteiger partial charge on any atom is 0.358 e. The summed E-state index contributed by atoms with van der Waals surface area (Å²) in [6.45, 7) is 7.50. The summed E-state index contributed by atoms with van der Waals surface area (Å²) in [7, 11) is 0. The van der Waals surface area contributed by atoms with Gasteiger partial charge in [-0.1, -0.05) is 6.08 Å². The van der Waals surface area contributed by atoms with Crippen LogP contribution in [0.15, 0.2) is 18.0 Å². The van der Waals surface area contributed by atoms with E-state index in [1.165, 1.54) is 11.3 Å². The van der Waals surface area contributed by atoms with Crippen molar-refractivity contribution in [3.8, 4) is 0 Å². The molecule has 0 aliphatic heterocycles. The van der Waals surface area contributed by atoms with E-state index in [2.05, 4.69) is 22.2 Å². The van der Waals surface area contributed by atoms with Crippen LogP contribution in [0.2, 0.25) is 0 Å². The second-order valence-electron chi connectivity index (χ2n) is 4.01. The van der Waals surface area contributed by atoms with Gasteiger partial charge in [-0.05, 0) is 13.8 Å². The molecule has 2 N–H and O–H groups in total. The molecular weight excluding hydrogens is 266 g/mol. The standard InChI is InChI=1S/C12H17N3O3S/c1-4-5-13-12-15-9(7-19-12)11(17)18-6-10(16)14-8(2)3/h4,7-8H,1,5-6H2,2-3H3,(H,13,15)(H,14,16). The molecule has 6 nitrogen and oxygen atoms in total. The van der Waals surface area contributed by atoms with Crippen molar-refractivity contribution in [1.29, 1.82) is 0 Å². The fourth-order valence-corrected chi connectivity index (χ4v) is 1.87. The monoisotopic (exact) mass is 283 g/mol. The molecule has 1 rings (SSSR count). The Morgan fingerprint density at radius 1 is 1.58 bits per heavy atom. The molecule has 0 bridgehead atoms. The van der Waals surface area contributed by atoms with Crippen LogP contribution in [-0.2, 0) is 9.53 Å². The molecule has 1 aromatic rings. The van der Waals surface area contributed by atoms with Crippen molar-refractivity contribution in [2.45, 2.75) is 19.9 Å². The number of thiazole rings is 1. The second-order valence-corrected chi connectivity index (χ2v) is 4.86. The first-order valence-corrected chi connectivity index (χ1v) is 6.67. The van der Waals surface area contributed by atoms with Crippen LogP contribution in [-0.4, -0.2) is 36.1 Å². The SMILES string of the molecule is C=CCNc1nc(C(=O)OCC(=O)NC(C)C)cs1. The van der Waals surface area contributed by atoms with Crippen LogP contribution in [0, 0.1) is 0 Å². The number of hydrogen-bond acceptors (Lipinski definition) is 6. The van der Waals surface area contributed by atoms with Gasteiger partial charge < -0.3 is 15.4 Å². The van der Waals surface area contributed by atoms with Crippen molar-refractivity contribution < 1.29 is 14.3 Å². The summed E-state index contributed by atoms with van der Waals surface area (Å²) < 4.78 is 4.85. The van der Waals surface area contributed by atoms with Gasteiger partial charge in [0.05, 0.1) is 0 Å². The number of hydrogen-bond donors (Lipinski definition) is 2. The quantitative estimate of drug-likeness (QED) is 0.584. The number of anilines is 1. The van der Waals surface area contributed by atoms with E-state index >= 15 is 0 Å². The summed E-state index contributed by atoms with van der Waals surface area (Å²) >= 11 is 1.29. The molecule has 0 fully saturated rings. The highest BCUT2D eigenvalue weighted by Crippen LogP contribution is 2.15. The number of nitrogens with zero attached hydrogens (tertiary/aromatic N) is 1. The van der Waals surface area contributed by atoms with E-state index in [0.717, 1.165) is 0 Å². The molecule has 0 radical (unpaired) electrons. The van der Waals surface area contributed by atoms with Crippen LogP contribution in [0.5, 0.6) is 0 Å². The van der Waals surface area contributed by atoms with Crippen LogP contribution in [0.1, 0.15) is 24.3 Å². The minimum absolute atomic E-state index is 0.0141. The van der Waals surface area contributed by atoms with Crippen molar-refractivity contribution in [1.82, 2.24) is 10.3 Å². The largest absolute Gasteiger partial charge is 0.451 e. The Morgan fingerprint density at radius 2 is 2.32 bits per heavy atom. The lowest BCUT2D eigenvalue weighted by molar-refractivity contribution is -0.124. The number of ether oxygens (including phenoxy) is 1. The number of aromatic nitrogens is 1. The minimum atomic E-state index is -0.609. The van der Waals surface area contributed by atoms with Gasteiger partial charge in [-0.3, -0.25) is 4.79 Å². The Hall–Kier alpha value is -1.89. The minimum Gasteiger partial charge on any atom is -0.451 e. The molecule has 0 atom stereocenters. The summed E-state index contributed by atoms with van der Waals surface area (Å²) in [6.07, 6.45) is 1.69. The molecule has 19 heavy (non-hydrogen) atoms. The van der Waals surface area contributed by atoms with Crippen LogP contribution in [0.4, 0.5) is 5.13 Å². The molecule has 1 amide bonds. The number of nitrogens with one attached hydrogen (secondary N) is 2. The number of carbonyl (C=O) groups is 2. The van der Waals surface area contributed by atoms with Crippen molar-refractivity contribution in [3.05, 3.63) is 23.7 Å². The van der Waals surface area contributed by atoms with Gasteiger partial charge in [-0.2, -0.15) is 0 Å². The highest BCUT2D eigenvalue weighted by molar-refractivity contribution is 7.13. The Bertz CT molecular complexity index is 457. The van der Waals surface area contributed by atoms with E-state index in [4.69, 9.17) is 4.74 Å². The maximum absolute atomic E-state index is 11.6. The van der Waals surface area contributed by atoms with Crippen molar-refractivity contribution >= 4 is 28.3 Å². The number of rotatable bonds is 7. The second kappa shape index (κ2) is 7.52. The molecule has 0 aliphatic carbocycles. The van der Waals surface area contributed by atoms with Crippen molar-refractivity contribution in [2.75, 3.05) is 18.5 Å². The van der Waals surface area contributed by atoms with Crippen LogP contribution in [0.3, 0.4) is 0 Å². The van der Waals surface area contributed by atoms with Crippen LogP contribution < -0.4 is 10.6 Å². The van der Waals surface area contributed by atoms with Gasteiger partial charge in [-0.25, -0.2) is 9.78 Å². The van der Waals surface area contributed by atoms with Crippen molar-refractivity contribution in [2.24, 2.45) is 0 Å². The van der Waals surface area contributed by atoms with Gasteiger partial charge in [0.1, 0.15) is 0 Å². The van der Waals surface area contributed by atoms with E-state index < -0.39 is 5.97 Å². The van der Waals surface area contributed by atoms with Gasteiger partial charge in [0.25, 0.3) is 5.91 Å². The van der Waals surface area contributed by atoms with Gasteiger partial charge >= 0.3 is 5.97 Å². The lowest BCUT2D eigenvalue weighted by atomic mass is 10.4. The first-order valence-electron chi connectivity index (χ1n) is 5.79. The van der Waals surface area contributed by atoms with Crippen LogP contribution in [0.25, 0.3) is 0 Å². The third-order valence-corrected chi connectivity index (χ3v) is 2.69. The van der Waals surface area contributed by atoms with Gasteiger partial charge in [-0.15, -0.1) is 17.9 Å². The van der Waals surface area contributed by atoms with Gasteiger partial charge in [0.15, 0.2) is 17.4 Å². The zero-order valence-electron chi connectivity index (χ0n) is 10.9. The van der Waals surface area contributed by atoms with Gasteiger partial charge in [0.2, 0.25) is 0 Å². The third-order valence-electron chi connectivity index (χ3n) is 1.89. The fraction of sp³-hybridized carbons (Fsp3) is 0.417. The Labute approximate surface area is 115 Å². The number of carbonyl (C=O) groups excluding carboxylic acids is 2. The summed E-state index contributed by atoms with van der Waals surface area (Å²) in [5, 5.41) is 7.78. The molecule has 1 heterocycles. The Balaban J connectivity index is 2.42. The topological polar surface area (TPSA) is 80.3 Å². The first kappa shape index (κ1) is 15.2. The maximum atomic E-state index is 11.6. The highest BCUT2D eigenvalue weighted by Gasteiger charge is 2.14. The van der Waals surface area contributed by atoms with E-state index in [0.29, 0.717) is 11.7 Å². The smallest absolute Gasteiger partial charge is 0.358 e. The van der Waals surface area contributed by atoms with E-state index in [1.54, 1.807) is 11.5 Å². The number of amides is 1. The molecular formula is C12H17N3O3S. The molecule has 0 aromatic carbocycles. The Kier molecular flexibility index (Phi) is 6.01. The summed E-state index contributed by atoms with van der Waals surface area (Å²) in [4.78, 5) is 27.0. The summed E-state index contributed by atoms with van der Waals surface area (Å²) in [5.41, 5.74) is 0.189. The molecule has 0 aliphatic rings. The number of esters is 1. The molecule has 0 saturated heterocycles. The molecule has 7 heteroatoms. The molecule has 0 saturated carbocycles. The van der Waals surface area contributed by atoms with E-state index in [9.17, 15) is 9.59 Å². The van der Waals surface area contributed by atoms with E-state index in [1.807, 2.05) is 13.8 Å². The predicted octanol–water partition coefficient (Wildman–Crippen LogP) is 1.42. The normalized spacial score (nSPS) is 10.1. The summed E-state index contributed by atoms with van der Waals surface area (Å²) in [5.74, 6) is -0.939. The zero-order chi connectivity index (χ0) is 14.3. The molecule has 0 spiro atoms.